The number of benzene rings is 1. The van der Waals surface area contributed by atoms with Gasteiger partial charge in [-0.1, -0.05) is 0 Å². The summed E-state index contributed by atoms with van der Waals surface area (Å²) in [6.45, 7) is 0. The number of nitrogen functional groups attached to an aromatic ring is 1. The first-order valence-corrected chi connectivity index (χ1v) is 3.78. The van der Waals surface area contributed by atoms with Crippen molar-refractivity contribution in [2.24, 2.45) is 0 Å². The number of nitrogens with two attached hydrogens (primary N) is 2. The molecule has 0 saturated heterocycles. The zero-order chi connectivity index (χ0) is 10.8. The molecule has 0 atom stereocenters. The average Bonchev–Trinajstić information content (AvgIpc) is 2.07. The van der Waals surface area contributed by atoms with Crippen LogP contribution in [-0.2, 0) is 11.0 Å². The molecule has 0 aliphatic carbocycles. The van der Waals surface area contributed by atoms with Gasteiger partial charge in [0.15, 0.2) is 5.69 Å². The van der Waals surface area contributed by atoms with Crippen LogP contribution in [0.2, 0.25) is 0 Å². The monoisotopic (exact) mass is 207 g/mol. The Balaban J connectivity index is 3.06. The van der Waals surface area contributed by atoms with Gasteiger partial charge in [-0.2, -0.15) is 18.7 Å². The van der Waals surface area contributed by atoms with Gasteiger partial charge in [0, 0.05) is 6.07 Å². The van der Waals surface area contributed by atoms with Crippen LogP contribution in [0.25, 0.3) is 0 Å². The molecule has 0 saturated carbocycles. The van der Waals surface area contributed by atoms with Gasteiger partial charge < -0.3 is 5.73 Å². The highest BCUT2D eigenvalue weighted by molar-refractivity contribution is 5.58. The fraction of sp³-hybridized carbons (Fsp3) is 0.250. The molecule has 0 bridgehead atoms. The standard InChI is InChI=1S/C8H9F3N2O/c1-14-13-7-4-5(8(9,10)11)2-3-6(7)12/h2-4,13H,12H2,1H3/p+1. The minimum absolute atomic E-state index is 0.224. The first-order valence-electron chi connectivity index (χ1n) is 3.78. The molecule has 0 amide bonds. The molecule has 3 nitrogen and oxygen atoms in total. The summed E-state index contributed by atoms with van der Waals surface area (Å²) in [4.78, 5) is 4.60. The maximum atomic E-state index is 12.2. The summed E-state index contributed by atoms with van der Waals surface area (Å²) < 4.78 is 36.7. The molecule has 1 aromatic rings. The molecular formula is C8H10F3N2O+. The predicted molar refractivity (Wildman–Crippen MR) is 44.5 cm³/mol. The highest BCUT2D eigenvalue weighted by Gasteiger charge is 2.31. The van der Waals surface area contributed by atoms with Crippen molar-refractivity contribution in [1.29, 1.82) is 0 Å². The maximum absolute atomic E-state index is 12.2. The molecule has 78 valence electrons. The van der Waals surface area contributed by atoms with Crippen LogP contribution in [0.3, 0.4) is 0 Å². The van der Waals surface area contributed by atoms with Gasteiger partial charge in [0.1, 0.15) is 0 Å². The number of anilines is 1. The molecule has 0 radical (unpaired) electrons. The predicted octanol–water partition coefficient (Wildman–Crippen LogP) is 1.04. The molecule has 0 aliphatic rings. The molecule has 1 rings (SSSR count). The van der Waals surface area contributed by atoms with E-state index in [0.29, 0.717) is 0 Å². The molecule has 6 heteroatoms. The summed E-state index contributed by atoms with van der Waals surface area (Å²) in [5, 5.41) is 0. The van der Waals surface area contributed by atoms with Crippen LogP contribution in [0.1, 0.15) is 5.56 Å². The quantitative estimate of drug-likeness (QED) is 0.562. The fourth-order valence-electron chi connectivity index (χ4n) is 0.980. The molecule has 0 unspecified atom stereocenters. The Bertz CT molecular complexity index is 325. The van der Waals surface area contributed by atoms with Crippen molar-refractivity contribution in [1.82, 2.24) is 0 Å². The van der Waals surface area contributed by atoms with E-state index in [1.165, 1.54) is 18.7 Å². The Morgan fingerprint density at radius 1 is 1.36 bits per heavy atom. The van der Waals surface area contributed by atoms with Gasteiger partial charge in [-0.05, 0) is 12.1 Å². The Morgan fingerprint density at radius 3 is 2.50 bits per heavy atom. The molecule has 14 heavy (non-hydrogen) atoms. The zero-order valence-corrected chi connectivity index (χ0v) is 7.43. The van der Waals surface area contributed by atoms with Crippen molar-refractivity contribution in [3.63, 3.8) is 0 Å². The summed E-state index contributed by atoms with van der Waals surface area (Å²) in [5.74, 6) is 0. The smallest absolute Gasteiger partial charge is 0.394 e. The average molecular weight is 207 g/mol. The van der Waals surface area contributed by atoms with Gasteiger partial charge in [0.05, 0.1) is 18.4 Å². The van der Waals surface area contributed by atoms with E-state index >= 15 is 0 Å². The lowest BCUT2D eigenvalue weighted by atomic mass is 10.1. The van der Waals surface area contributed by atoms with Crippen molar-refractivity contribution < 1.29 is 23.5 Å². The number of alkyl halides is 3. The highest BCUT2D eigenvalue weighted by Crippen LogP contribution is 2.31. The fourth-order valence-corrected chi connectivity index (χ4v) is 0.980. The summed E-state index contributed by atoms with van der Waals surface area (Å²) in [6.07, 6.45) is -4.36. The lowest BCUT2D eigenvalue weighted by Crippen LogP contribution is -2.76. The van der Waals surface area contributed by atoms with E-state index in [2.05, 4.69) is 4.84 Å². The van der Waals surface area contributed by atoms with E-state index in [-0.39, 0.29) is 11.4 Å². The van der Waals surface area contributed by atoms with Crippen molar-refractivity contribution >= 4 is 11.4 Å². The third-order valence-electron chi connectivity index (χ3n) is 1.66. The summed E-state index contributed by atoms with van der Waals surface area (Å²) in [6, 6.07) is 3.08. The molecule has 4 N–H and O–H groups in total. The van der Waals surface area contributed by atoms with Gasteiger partial charge in [-0.3, -0.25) is 0 Å². The molecule has 0 heterocycles. The van der Waals surface area contributed by atoms with Crippen molar-refractivity contribution in [2.75, 3.05) is 12.8 Å². The molecular weight excluding hydrogens is 197 g/mol. The van der Waals surface area contributed by atoms with Crippen LogP contribution >= 0.6 is 0 Å². The Kier molecular flexibility index (Phi) is 2.97. The van der Waals surface area contributed by atoms with Crippen LogP contribution < -0.4 is 11.2 Å². The van der Waals surface area contributed by atoms with Crippen LogP contribution in [0, 0.1) is 0 Å². The summed E-state index contributed by atoms with van der Waals surface area (Å²) in [5.41, 5.74) is 6.34. The second-order valence-corrected chi connectivity index (χ2v) is 2.70. The molecule has 0 spiro atoms. The van der Waals surface area contributed by atoms with Crippen molar-refractivity contribution in [3.8, 4) is 0 Å². The van der Waals surface area contributed by atoms with Crippen LogP contribution in [0.5, 0.6) is 0 Å². The van der Waals surface area contributed by atoms with E-state index in [9.17, 15) is 13.2 Å². The van der Waals surface area contributed by atoms with Crippen molar-refractivity contribution in [3.05, 3.63) is 23.8 Å². The summed E-state index contributed by atoms with van der Waals surface area (Å²) >= 11 is 0. The van der Waals surface area contributed by atoms with Gasteiger partial charge in [0.25, 0.3) is 0 Å². The first-order chi connectivity index (χ1) is 6.45. The highest BCUT2D eigenvalue weighted by atomic mass is 19.4. The zero-order valence-electron chi connectivity index (χ0n) is 7.43. The normalized spacial score (nSPS) is 11.7. The Morgan fingerprint density at radius 2 is 2.00 bits per heavy atom. The van der Waals surface area contributed by atoms with Crippen LogP contribution in [0.4, 0.5) is 24.5 Å². The van der Waals surface area contributed by atoms with Crippen molar-refractivity contribution in [2.45, 2.75) is 6.18 Å². The van der Waals surface area contributed by atoms with Gasteiger partial charge in [0.2, 0.25) is 0 Å². The van der Waals surface area contributed by atoms with Crippen LogP contribution in [0.15, 0.2) is 18.2 Å². The molecule has 0 aliphatic heterocycles. The van der Waals surface area contributed by atoms with Gasteiger partial charge in [-0.15, -0.1) is 0 Å². The lowest BCUT2D eigenvalue weighted by molar-refractivity contribution is -0.829. The Hall–Kier alpha value is -1.27. The second kappa shape index (κ2) is 3.85. The summed E-state index contributed by atoms with van der Waals surface area (Å²) in [7, 11) is 1.35. The third-order valence-corrected chi connectivity index (χ3v) is 1.66. The number of halogens is 3. The van der Waals surface area contributed by atoms with Gasteiger partial charge >= 0.3 is 6.18 Å². The van der Waals surface area contributed by atoms with E-state index < -0.39 is 11.7 Å². The third kappa shape index (κ3) is 2.36. The molecule has 0 fully saturated rings. The van der Waals surface area contributed by atoms with Gasteiger partial charge in [-0.25, -0.2) is 4.84 Å². The number of hydrogen-bond donors (Lipinski definition) is 2. The largest absolute Gasteiger partial charge is 0.416 e. The molecule has 0 aromatic heterocycles. The first kappa shape index (κ1) is 10.8. The number of hydrogen-bond acceptors (Lipinski definition) is 2. The minimum atomic E-state index is -4.36. The topological polar surface area (TPSA) is 51.9 Å². The van der Waals surface area contributed by atoms with E-state index in [1.807, 2.05) is 0 Å². The SMILES string of the molecule is CO[NH2+]c1cc(C(F)(F)F)ccc1N. The number of rotatable bonds is 2. The number of quaternary nitrogens is 1. The van der Waals surface area contributed by atoms with Crippen LogP contribution in [-0.4, -0.2) is 7.11 Å². The lowest BCUT2D eigenvalue weighted by Gasteiger charge is -2.08. The van der Waals surface area contributed by atoms with E-state index in [1.54, 1.807) is 0 Å². The molecule has 1 aromatic carbocycles. The second-order valence-electron chi connectivity index (χ2n) is 2.70. The Labute approximate surface area is 78.6 Å². The maximum Gasteiger partial charge on any atom is 0.416 e. The van der Waals surface area contributed by atoms with E-state index in [4.69, 9.17) is 5.73 Å². The minimum Gasteiger partial charge on any atom is -0.394 e. The van der Waals surface area contributed by atoms with E-state index in [0.717, 1.165) is 12.1 Å².